The van der Waals surface area contributed by atoms with Crippen LogP contribution in [0.4, 0.5) is 0 Å². The second-order valence-electron chi connectivity index (χ2n) is 6.11. The van der Waals surface area contributed by atoms with E-state index in [2.05, 4.69) is 27.7 Å². The average molecular weight is 240 g/mol. The van der Waals surface area contributed by atoms with E-state index in [0.29, 0.717) is 0 Å². The van der Waals surface area contributed by atoms with Crippen LogP contribution in [0.5, 0.6) is 0 Å². The van der Waals surface area contributed by atoms with Crippen LogP contribution in [0.15, 0.2) is 0 Å². The number of hydrogen-bond acceptors (Lipinski definition) is 0. The monoisotopic (exact) mass is 240 g/mol. The molecule has 0 radical (unpaired) electrons. The summed E-state index contributed by atoms with van der Waals surface area (Å²) >= 11 is 0. The molecule has 0 heteroatoms. The van der Waals surface area contributed by atoms with E-state index in [4.69, 9.17) is 0 Å². The lowest BCUT2D eigenvalue weighted by Gasteiger charge is -2.11. The van der Waals surface area contributed by atoms with Crippen LogP contribution >= 0.6 is 0 Å². The Hall–Kier alpha value is 0. The van der Waals surface area contributed by atoms with Gasteiger partial charge in [0.1, 0.15) is 0 Å². The Morgan fingerprint density at radius 2 is 1.06 bits per heavy atom. The van der Waals surface area contributed by atoms with Crippen molar-refractivity contribution in [3.63, 3.8) is 0 Å². The topological polar surface area (TPSA) is 0 Å². The quantitative estimate of drug-likeness (QED) is 0.338. The van der Waals surface area contributed by atoms with Gasteiger partial charge in [0, 0.05) is 0 Å². The molecule has 0 bridgehead atoms. The highest BCUT2D eigenvalue weighted by atomic mass is 14.1. The van der Waals surface area contributed by atoms with Crippen molar-refractivity contribution in [2.75, 3.05) is 0 Å². The van der Waals surface area contributed by atoms with Crippen molar-refractivity contribution in [1.82, 2.24) is 0 Å². The Bertz CT molecular complexity index is 139. The smallest absolute Gasteiger partial charge is 0.0443 e. The first-order valence-electron chi connectivity index (χ1n) is 8.20. The molecule has 0 saturated heterocycles. The first kappa shape index (κ1) is 17.0. The van der Waals surface area contributed by atoms with Crippen LogP contribution in [0.2, 0.25) is 0 Å². The van der Waals surface area contributed by atoms with Crippen LogP contribution < -0.4 is 0 Å². The van der Waals surface area contributed by atoms with Crippen LogP contribution in [0, 0.1) is 11.8 Å². The largest absolute Gasteiger partial charge is 0.0654 e. The van der Waals surface area contributed by atoms with Crippen LogP contribution in [-0.2, 0) is 0 Å². The Kier molecular flexibility index (Phi) is 12.5. The van der Waals surface area contributed by atoms with E-state index >= 15 is 0 Å². The predicted octanol–water partition coefficient (Wildman–Crippen LogP) is 6.59. The zero-order chi connectivity index (χ0) is 12.9. The molecular weight excluding hydrogens is 204 g/mol. The standard InChI is InChI=1S/C17H36/c1-5-7-10-14-17(4)15-12-9-8-11-13-16(3)6-2/h16-17H,5-15H2,1-4H3. The average Bonchev–Trinajstić information content (AvgIpc) is 2.33. The summed E-state index contributed by atoms with van der Waals surface area (Å²) in [4.78, 5) is 0. The van der Waals surface area contributed by atoms with E-state index in [9.17, 15) is 0 Å². The molecule has 0 fully saturated rings. The fourth-order valence-corrected chi connectivity index (χ4v) is 2.43. The van der Waals surface area contributed by atoms with E-state index in [0.717, 1.165) is 11.8 Å². The van der Waals surface area contributed by atoms with Crippen LogP contribution in [0.3, 0.4) is 0 Å². The molecule has 0 aromatic heterocycles. The third kappa shape index (κ3) is 12.2. The minimum atomic E-state index is 0.947. The highest BCUT2D eigenvalue weighted by Gasteiger charge is 2.02. The summed E-state index contributed by atoms with van der Waals surface area (Å²) in [6.07, 6.45) is 15.8. The Labute approximate surface area is 111 Å². The SMILES string of the molecule is CCCCCC(C)CCCCCCC(C)CC. The van der Waals surface area contributed by atoms with Gasteiger partial charge in [-0.1, -0.05) is 98.3 Å². The third-order valence-electron chi connectivity index (χ3n) is 4.14. The van der Waals surface area contributed by atoms with Crippen molar-refractivity contribution in [3.8, 4) is 0 Å². The van der Waals surface area contributed by atoms with Crippen molar-refractivity contribution in [3.05, 3.63) is 0 Å². The molecule has 0 aromatic carbocycles. The Balaban J connectivity index is 3.16. The Morgan fingerprint density at radius 1 is 0.588 bits per heavy atom. The van der Waals surface area contributed by atoms with Gasteiger partial charge in [0.05, 0.1) is 0 Å². The van der Waals surface area contributed by atoms with Gasteiger partial charge in [0.25, 0.3) is 0 Å². The fraction of sp³-hybridized carbons (Fsp3) is 1.00. The molecule has 0 heterocycles. The molecule has 0 N–H and O–H groups in total. The van der Waals surface area contributed by atoms with Crippen molar-refractivity contribution < 1.29 is 0 Å². The van der Waals surface area contributed by atoms with Crippen molar-refractivity contribution in [2.45, 2.75) is 98.3 Å². The van der Waals surface area contributed by atoms with Crippen LogP contribution in [0.1, 0.15) is 98.3 Å². The van der Waals surface area contributed by atoms with Gasteiger partial charge in [-0.2, -0.15) is 0 Å². The zero-order valence-corrected chi connectivity index (χ0v) is 12.9. The predicted molar refractivity (Wildman–Crippen MR) is 80.5 cm³/mol. The number of unbranched alkanes of at least 4 members (excludes halogenated alkanes) is 5. The molecule has 0 saturated carbocycles. The first-order chi connectivity index (χ1) is 8.20. The lowest BCUT2D eigenvalue weighted by atomic mass is 9.95. The van der Waals surface area contributed by atoms with Gasteiger partial charge >= 0.3 is 0 Å². The number of hydrogen-bond donors (Lipinski definition) is 0. The summed E-state index contributed by atoms with van der Waals surface area (Å²) in [6.45, 7) is 9.43. The van der Waals surface area contributed by atoms with Gasteiger partial charge in [-0.15, -0.1) is 0 Å². The van der Waals surface area contributed by atoms with Gasteiger partial charge in [-0.05, 0) is 11.8 Å². The Morgan fingerprint density at radius 3 is 1.53 bits per heavy atom. The van der Waals surface area contributed by atoms with E-state index in [1.807, 2.05) is 0 Å². The summed E-state index contributed by atoms with van der Waals surface area (Å²) in [7, 11) is 0. The molecule has 0 amide bonds. The van der Waals surface area contributed by atoms with Crippen molar-refractivity contribution in [2.24, 2.45) is 11.8 Å². The van der Waals surface area contributed by atoms with Crippen LogP contribution in [-0.4, -0.2) is 0 Å². The van der Waals surface area contributed by atoms with E-state index < -0.39 is 0 Å². The summed E-state index contributed by atoms with van der Waals surface area (Å²) < 4.78 is 0. The van der Waals surface area contributed by atoms with Gasteiger partial charge in [-0.25, -0.2) is 0 Å². The molecule has 0 aliphatic heterocycles. The van der Waals surface area contributed by atoms with Gasteiger partial charge in [0.2, 0.25) is 0 Å². The molecule has 2 unspecified atom stereocenters. The molecule has 0 rings (SSSR count). The second-order valence-corrected chi connectivity index (χ2v) is 6.11. The summed E-state index contributed by atoms with van der Waals surface area (Å²) in [6, 6.07) is 0. The maximum Gasteiger partial charge on any atom is -0.0443 e. The van der Waals surface area contributed by atoms with Gasteiger partial charge in [-0.3, -0.25) is 0 Å². The van der Waals surface area contributed by atoms with E-state index in [1.165, 1.54) is 70.6 Å². The molecule has 2 atom stereocenters. The molecule has 0 nitrogen and oxygen atoms in total. The molecule has 0 aliphatic rings. The van der Waals surface area contributed by atoms with Gasteiger partial charge in [0.15, 0.2) is 0 Å². The molecule has 104 valence electrons. The van der Waals surface area contributed by atoms with Crippen molar-refractivity contribution in [1.29, 1.82) is 0 Å². The fourth-order valence-electron chi connectivity index (χ4n) is 2.43. The van der Waals surface area contributed by atoms with E-state index in [-0.39, 0.29) is 0 Å². The molecule has 0 spiro atoms. The van der Waals surface area contributed by atoms with Gasteiger partial charge < -0.3 is 0 Å². The van der Waals surface area contributed by atoms with E-state index in [1.54, 1.807) is 0 Å². The van der Waals surface area contributed by atoms with Crippen molar-refractivity contribution >= 4 is 0 Å². The lowest BCUT2D eigenvalue weighted by molar-refractivity contribution is 0.426. The maximum absolute atomic E-state index is 2.44. The summed E-state index contributed by atoms with van der Waals surface area (Å²) in [5.74, 6) is 1.92. The zero-order valence-electron chi connectivity index (χ0n) is 12.9. The molecular formula is C17H36. The normalized spacial score (nSPS) is 14.8. The number of rotatable bonds is 12. The summed E-state index contributed by atoms with van der Waals surface area (Å²) in [5, 5.41) is 0. The minimum Gasteiger partial charge on any atom is -0.0654 e. The first-order valence-corrected chi connectivity index (χ1v) is 8.20. The highest BCUT2D eigenvalue weighted by Crippen LogP contribution is 2.18. The highest BCUT2D eigenvalue weighted by molar-refractivity contribution is 4.56. The lowest BCUT2D eigenvalue weighted by Crippen LogP contribution is -1.95. The van der Waals surface area contributed by atoms with Crippen LogP contribution in [0.25, 0.3) is 0 Å². The molecule has 17 heavy (non-hydrogen) atoms. The second kappa shape index (κ2) is 12.5. The molecule has 0 aliphatic carbocycles. The maximum atomic E-state index is 2.44. The minimum absolute atomic E-state index is 0.947. The third-order valence-corrected chi connectivity index (χ3v) is 4.14. The summed E-state index contributed by atoms with van der Waals surface area (Å²) in [5.41, 5.74) is 0. The molecule has 0 aromatic rings.